The van der Waals surface area contributed by atoms with Crippen molar-refractivity contribution in [1.29, 1.82) is 0 Å². The number of nitrogens with zero attached hydrogens (tertiary/aromatic N) is 2. The number of benzene rings is 2. The number of pyridine rings is 1. The van der Waals surface area contributed by atoms with Crippen LogP contribution in [0, 0.1) is 0 Å². The lowest BCUT2D eigenvalue weighted by Crippen LogP contribution is -2.58. The first-order valence-electron chi connectivity index (χ1n) is 12.5. The molecule has 1 fully saturated rings. The smallest absolute Gasteiger partial charge is 0.326 e. The molecule has 1 unspecified atom stereocenters. The second kappa shape index (κ2) is 13.8. The summed E-state index contributed by atoms with van der Waals surface area (Å²) < 4.78 is 27.9. The third-order valence-electron chi connectivity index (χ3n) is 6.82. The van der Waals surface area contributed by atoms with Crippen molar-refractivity contribution in [3.63, 3.8) is 0 Å². The number of aliphatic carboxylic acids is 1. The first-order valence-corrected chi connectivity index (χ1v) is 15.1. The Bertz CT molecular complexity index is 1620. The summed E-state index contributed by atoms with van der Waals surface area (Å²) in [5, 5.41) is 15.4. The molecule has 3 aromatic rings. The molecule has 2 heterocycles. The zero-order valence-corrected chi connectivity index (χ0v) is 26.4. The lowest BCUT2D eigenvalue weighted by molar-refractivity contribution is -0.143. The molecule has 4 rings (SSSR count). The van der Waals surface area contributed by atoms with E-state index in [1.807, 2.05) is 0 Å². The second-order valence-corrected chi connectivity index (χ2v) is 13.0. The highest BCUT2D eigenvalue weighted by molar-refractivity contribution is 7.89. The van der Waals surface area contributed by atoms with Gasteiger partial charge < -0.3 is 21.5 Å². The number of rotatable bonds is 9. The van der Waals surface area contributed by atoms with Crippen LogP contribution in [-0.4, -0.2) is 64.8 Å². The summed E-state index contributed by atoms with van der Waals surface area (Å²) in [5.74, 6) is -2.68. The Kier molecular flexibility index (Phi) is 11.1. The number of aromatic nitrogens is 1. The lowest BCUT2D eigenvalue weighted by Gasteiger charge is -2.33. The third kappa shape index (κ3) is 7.58. The summed E-state index contributed by atoms with van der Waals surface area (Å²) in [5.41, 5.74) is 5.39. The monoisotopic (exact) mass is 689 g/mol. The predicted molar refractivity (Wildman–Crippen MR) is 166 cm³/mol. The summed E-state index contributed by atoms with van der Waals surface area (Å²) in [6.45, 7) is 1.27. The van der Waals surface area contributed by atoms with Gasteiger partial charge in [-0.1, -0.05) is 53.0 Å². The van der Waals surface area contributed by atoms with Crippen LogP contribution in [0.1, 0.15) is 29.3 Å². The van der Waals surface area contributed by atoms with E-state index in [0.29, 0.717) is 11.3 Å². The average Bonchev–Trinajstić information content (AvgIpc) is 3.25. The van der Waals surface area contributed by atoms with E-state index in [4.69, 9.17) is 40.5 Å². The maximum absolute atomic E-state index is 13.5. The van der Waals surface area contributed by atoms with E-state index in [1.54, 1.807) is 24.3 Å². The molecule has 1 aliphatic rings. The standard InChI is InChI=1S/C27H26Cl3N5O6S.ClH/c1-27(11-17(31)14-35(27)42(40,41)19-4-2-3-16(28)10-19)26(39)34-22(25(37)38)9-15-5-7-18(8-6-15)33-24(36)23-20(29)12-32-13-21(23)30;/h2-8,10,12-13,17,22H,9,11,14,31H2,1H3,(H,33,36)(H,34,39)(H,37,38);1H/t17-,22+,27?;/m1./s1. The number of carboxylic acid groups (broad SMARTS) is 1. The largest absolute Gasteiger partial charge is 0.480 e. The predicted octanol–water partition coefficient (Wildman–Crippen LogP) is 4.01. The lowest BCUT2D eigenvalue weighted by atomic mass is 9.96. The van der Waals surface area contributed by atoms with Gasteiger partial charge in [0.05, 0.1) is 20.5 Å². The molecule has 2 amide bonds. The van der Waals surface area contributed by atoms with Gasteiger partial charge in [-0.2, -0.15) is 4.31 Å². The Balaban J connectivity index is 0.00000506. The number of hydrogen-bond acceptors (Lipinski definition) is 7. The van der Waals surface area contributed by atoms with Crippen LogP contribution in [0.3, 0.4) is 0 Å². The van der Waals surface area contributed by atoms with Gasteiger partial charge in [-0.3, -0.25) is 14.6 Å². The Morgan fingerprint density at radius 1 is 1.12 bits per heavy atom. The van der Waals surface area contributed by atoms with E-state index >= 15 is 0 Å². The number of sulfonamides is 1. The fourth-order valence-corrected chi connectivity index (χ4v) is 7.36. The van der Waals surface area contributed by atoms with E-state index in [-0.39, 0.29) is 57.3 Å². The van der Waals surface area contributed by atoms with Gasteiger partial charge in [0.15, 0.2) is 0 Å². The maximum atomic E-state index is 13.5. The number of nitrogens with one attached hydrogen (secondary N) is 2. The summed E-state index contributed by atoms with van der Waals surface area (Å²) in [6, 6.07) is 9.83. The molecular weight excluding hydrogens is 664 g/mol. The van der Waals surface area contributed by atoms with Gasteiger partial charge >= 0.3 is 5.97 Å². The number of halogens is 4. The molecule has 0 aliphatic carbocycles. The molecule has 5 N–H and O–H groups in total. The van der Waals surface area contributed by atoms with Crippen LogP contribution in [0.2, 0.25) is 15.1 Å². The fourth-order valence-electron chi connectivity index (χ4n) is 4.71. The molecule has 1 saturated heterocycles. The highest BCUT2D eigenvalue weighted by Gasteiger charge is 2.53. The van der Waals surface area contributed by atoms with Gasteiger partial charge in [-0.25, -0.2) is 13.2 Å². The molecule has 11 nitrogen and oxygen atoms in total. The summed E-state index contributed by atoms with van der Waals surface area (Å²) in [6.07, 6.45) is 2.43. The third-order valence-corrected chi connectivity index (χ3v) is 9.61. The number of amides is 2. The van der Waals surface area contributed by atoms with E-state index in [2.05, 4.69) is 15.6 Å². The van der Waals surface area contributed by atoms with E-state index in [0.717, 1.165) is 4.31 Å². The minimum Gasteiger partial charge on any atom is -0.480 e. The summed E-state index contributed by atoms with van der Waals surface area (Å²) >= 11 is 18.1. The fraction of sp³-hybridized carbons (Fsp3) is 0.259. The van der Waals surface area contributed by atoms with Crippen LogP contribution in [0.25, 0.3) is 0 Å². The Morgan fingerprint density at radius 3 is 2.33 bits per heavy atom. The SMILES string of the molecule is CC1(C(=O)N[C@@H](Cc2ccc(NC(=O)c3c(Cl)cncc3Cl)cc2)C(=O)O)C[C@@H](N)CN1S(=O)(=O)c1cccc(Cl)c1.Cl. The van der Waals surface area contributed by atoms with E-state index in [9.17, 15) is 27.9 Å². The molecule has 230 valence electrons. The summed E-state index contributed by atoms with van der Waals surface area (Å²) in [7, 11) is -4.20. The Hall–Kier alpha value is -2.97. The molecule has 3 atom stereocenters. The molecule has 1 aromatic heterocycles. The van der Waals surface area contributed by atoms with Gasteiger partial charge in [0, 0.05) is 42.1 Å². The Labute approximate surface area is 269 Å². The highest BCUT2D eigenvalue weighted by atomic mass is 35.5. The number of nitrogens with two attached hydrogens (primary N) is 1. The van der Waals surface area contributed by atoms with Crippen molar-refractivity contribution in [2.75, 3.05) is 11.9 Å². The number of carbonyl (C=O) groups is 3. The molecule has 43 heavy (non-hydrogen) atoms. The average molecular weight is 691 g/mol. The number of anilines is 1. The van der Waals surface area contributed by atoms with Crippen molar-refractivity contribution in [1.82, 2.24) is 14.6 Å². The van der Waals surface area contributed by atoms with E-state index < -0.39 is 45.4 Å². The zero-order chi connectivity index (χ0) is 30.8. The molecule has 16 heteroatoms. The maximum Gasteiger partial charge on any atom is 0.326 e. The van der Waals surface area contributed by atoms with Crippen molar-refractivity contribution >= 4 is 80.7 Å². The van der Waals surface area contributed by atoms with Gasteiger partial charge in [-0.15, -0.1) is 12.4 Å². The number of carboxylic acids is 1. The molecule has 2 aromatic carbocycles. The van der Waals surface area contributed by atoms with Crippen molar-refractivity contribution < 1.29 is 27.9 Å². The molecule has 0 spiro atoms. The first kappa shape index (κ1) is 34.5. The quantitative estimate of drug-likeness (QED) is 0.261. The van der Waals surface area contributed by atoms with Gasteiger partial charge in [-0.05, 0) is 49.2 Å². The first-order chi connectivity index (χ1) is 19.7. The number of carbonyl (C=O) groups excluding carboxylic acids is 2. The van der Waals surface area contributed by atoms with Crippen molar-refractivity contribution in [2.24, 2.45) is 5.73 Å². The minimum absolute atomic E-state index is 0. The van der Waals surface area contributed by atoms with Crippen LogP contribution < -0.4 is 16.4 Å². The topological polar surface area (TPSA) is 172 Å². The summed E-state index contributed by atoms with van der Waals surface area (Å²) in [4.78, 5) is 41.9. The molecule has 0 saturated carbocycles. The van der Waals surface area contributed by atoms with Crippen LogP contribution in [0.5, 0.6) is 0 Å². The second-order valence-electron chi connectivity index (χ2n) is 9.93. The van der Waals surface area contributed by atoms with Gasteiger partial charge in [0.2, 0.25) is 15.9 Å². The highest BCUT2D eigenvalue weighted by Crippen LogP contribution is 2.35. The molecular formula is C27H27Cl4N5O6S. The van der Waals surface area contributed by atoms with Crippen molar-refractivity contribution in [3.8, 4) is 0 Å². The van der Waals surface area contributed by atoms with Crippen molar-refractivity contribution in [2.45, 2.75) is 42.3 Å². The normalized spacial score (nSPS) is 19.2. The van der Waals surface area contributed by atoms with Gasteiger partial charge in [0.1, 0.15) is 11.6 Å². The van der Waals surface area contributed by atoms with Crippen LogP contribution >= 0.6 is 47.2 Å². The van der Waals surface area contributed by atoms with Gasteiger partial charge in [0.25, 0.3) is 5.91 Å². The molecule has 0 radical (unpaired) electrons. The van der Waals surface area contributed by atoms with E-state index in [1.165, 1.54) is 43.6 Å². The van der Waals surface area contributed by atoms with Crippen molar-refractivity contribution in [3.05, 3.63) is 87.1 Å². The molecule has 0 bridgehead atoms. The Morgan fingerprint density at radius 2 is 1.74 bits per heavy atom. The van der Waals surface area contributed by atoms with Crippen LogP contribution in [0.4, 0.5) is 5.69 Å². The molecule has 1 aliphatic heterocycles. The zero-order valence-electron chi connectivity index (χ0n) is 22.5. The van der Waals surface area contributed by atoms with Crippen LogP contribution in [-0.2, 0) is 26.0 Å². The van der Waals surface area contributed by atoms with Crippen LogP contribution in [0.15, 0.2) is 65.8 Å². The number of hydrogen-bond donors (Lipinski definition) is 4. The minimum atomic E-state index is -4.20.